The number of rotatable bonds is 3. The van der Waals surface area contributed by atoms with E-state index in [-0.39, 0.29) is 12.4 Å². The normalized spacial score (nSPS) is 9.62. The second kappa shape index (κ2) is 6.11. The van der Waals surface area contributed by atoms with E-state index >= 15 is 0 Å². The molecule has 0 saturated heterocycles. The van der Waals surface area contributed by atoms with E-state index in [1.165, 1.54) is 0 Å². The minimum absolute atomic E-state index is 0.191. The number of halogens is 1. The van der Waals surface area contributed by atoms with Gasteiger partial charge in [0, 0.05) is 8.47 Å². The van der Waals surface area contributed by atoms with Crippen LogP contribution in [0.25, 0.3) is 0 Å². The maximum Gasteiger partial charge on any atom is 0.310 e. The molecule has 0 fully saturated rings. The lowest BCUT2D eigenvalue weighted by Crippen LogP contribution is -2.09. The van der Waals surface area contributed by atoms with Crippen LogP contribution in [0.1, 0.15) is 18.1 Å². The van der Waals surface area contributed by atoms with E-state index < -0.39 is 0 Å². The van der Waals surface area contributed by atoms with Crippen molar-refractivity contribution in [1.82, 2.24) is 0 Å². The van der Waals surface area contributed by atoms with E-state index in [9.17, 15) is 4.79 Å². The molecule has 3 nitrogen and oxygen atoms in total. The molecule has 16 heavy (non-hydrogen) atoms. The summed E-state index contributed by atoms with van der Waals surface area (Å²) in [6.45, 7) is 2.14. The fourth-order valence-corrected chi connectivity index (χ4v) is 2.59. The van der Waals surface area contributed by atoms with Gasteiger partial charge in [0.05, 0.1) is 24.7 Å². The minimum Gasteiger partial charge on any atom is -0.466 e. The summed E-state index contributed by atoms with van der Waals surface area (Å²) in [6, 6.07) is 5.43. The molecule has 5 heteroatoms. The summed E-state index contributed by atoms with van der Waals surface area (Å²) in [5, 5.41) is 8.76. The van der Waals surface area contributed by atoms with Crippen LogP contribution < -0.4 is 0 Å². The summed E-state index contributed by atoms with van der Waals surface area (Å²) in [7, 11) is 0. The van der Waals surface area contributed by atoms with Crippen LogP contribution in [0.4, 0.5) is 0 Å². The van der Waals surface area contributed by atoms with Crippen LogP contribution in [0.5, 0.6) is 0 Å². The molecule has 0 aliphatic heterocycles. The average molecular weight is 347 g/mol. The Morgan fingerprint density at radius 3 is 2.81 bits per heavy atom. The lowest BCUT2D eigenvalue weighted by Gasteiger charge is -2.08. The molecule has 0 radical (unpaired) electrons. The van der Waals surface area contributed by atoms with Crippen molar-refractivity contribution in [2.75, 3.05) is 6.61 Å². The number of benzene rings is 1. The fraction of sp³-hybridized carbons (Fsp3) is 0.273. The Bertz CT molecular complexity index is 431. The highest BCUT2D eigenvalue weighted by molar-refractivity contribution is 14.1. The maximum atomic E-state index is 11.3. The molecular formula is C11H10INO2S. The standard InChI is InChI=1S/C11H10INO2S/c1-2-15-11(14)5-8-9(12)3-7(6-13)4-10(8)16/h3-4,16H,2,5H2,1H3. The summed E-state index contributed by atoms with van der Waals surface area (Å²) >= 11 is 6.36. The molecule has 0 unspecified atom stereocenters. The van der Waals surface area contributed by atoms with Crippen molar-refractivity contribution in [3.8, 4) is 6.07 Å². The Labute approximate surface area is 113 Å². The van der Waals surface area contributed by atoms with Gasteiger partial charge in [-0.25, -0.2) is 0 Å². The monoisotopic (exact) mass is 347 g/mol. The predicted octanol–water partition coefficient (Wildman–Crippen LogP) is 2.56. The van der Waals surface area contributed by atoms with Crippen molar-refractivity contribution in [2.45, 2.75) is 18.2 Å². The molecule has 84 valence electrons. The van der Waals surface area contributed by atoms with Gasteiger partial charge in [-0.05, 0) is 47.2 Å². The van der Waals surface area contributed by atoms with Crippen molar-refractivity contribution in [3.63, 3.8) is 0 Å². The van der Waals surface area contributed by atoms with Gasteiger partial charge in [-0.2, -0.15) is 5.26 Å². The van der Waals surface area contributed by atoms with Gasteiger partial charge < -0.3 is 4.74 Å². The van der Waals surface area contributed by atoms with Crippen LogP contribution >= 0.6 is 35.2 Å². The zero-order valence-corrected chi connectivity index (χ0v) is 11.7. The lowest BCUT2D eigenvalue weighted by atomic mass is 10.1. The van der Waals surface area contributed by atoms with Crippen LogP contribution in [0.15, 0.2) is 17.0 Å². The fourth-order valence-electron chi connectivity index (χ4n) is 1.22. The average Bonchev–Trinajstić information content (AvgIpc) is 2.23. The molecule has 0 bridgehead atoms. The zero-order valence-electron chi connectivity index (χ0n) is 8.66. The Kier molecular flexibility index (Phi) is 5.09. The Morgan fingerprint density at radius 2 is 2.31 bits per heavy atom. The Hall–Kier alpha value is -0.740. The number of ether oxygens (including phenoxy) is 1. The van der Waals surface area contributed by atoms with Crippen LogP contribution in [-0.4, -0.2) is 12.6 Å². The first-order valence-electron chi connectivity index (χ1n) is 4.65. The molecule has 0 saturated carbocycles. The molecule has 0 atom stereocenters. The molecule has 1 rings (SSSR count). The summed E-state index contributed by atoms with van der Waals surface area (Å²) in [6.07, 6.45) is 0.191. The van der Waals surface area contributed by atoms with Crippen LogP contribution in [-0.2, 0) is 16.0 Å². The Morgan fingerprint density at radius 1 is 1.62 bits per heavy atom. The lowest BCUT2D eigenvalue weighted by molar-refractivity contribution is -0.142. The molecule has 0 spiro atoms. The van der Waals surface area contributed by atoms with E-state index in [1.54, 1.807) is 19.1 Å². The first-order valence-corrected chi connectivity index (χ1v) is 6.18. The predicted molar refractivity (Wildman–Crippen MR) is 71.5 cm³/mol. The number of esters is 1. The third-order valence-electron chi connectivity index (χ3n) is 1.93. The van der Waals surface area contributed by atoms with E-state index in [0.717, 1.165) is 9.13 Å². The van der Waals surface area contributed by atoms with Gasteiger partial charge in [0.1, 0.15) is 0 Å². The number of nitrogens with zero attached hydrogens (tertiary/aromatic N) is 1. The number of hydrogen-bond donors (Lipinski definition) is 1. The van der Waals surface area contributed by atoms with E-state index in [4.69, 9.17) is 10.00 Å². The second-order valence-corrected chi connectivity index (χ2v) is 4.69. The molecular weight excluding hydrogens is 337 g/mol. The van der Waals surface area contributed by atoms with Crippen molar-refractivity contribution in [3.05, 3.63) is 26.8 Å². The maximum absolute atomic E-state index is 11.3. The molecule has 0 aromatic heterocycles. The quantitative estimate of drug-likeness (QED) is 0.519. The number of carbonyl (C=O) groups excluding carboxylic acids is 1. The van der Waals surface area contributed by atoms with Gasteiger partial charge in [0.2, 0.25) is 0 Å². The number of hydrogen-bond acceptors (Lipinski definition) is 4. The van der Waals surface area contributed by atoms with Gasteiger partial charge in [-0.15, -0.1) is 12.6 Å². The van der Waals surface area contributed by atoms with E-state index in [1.807, 2.05) is 6.07 Å². The smallest absolute Gasteiger partial charge is 0.310 e. The molecule has 0 N–H and O–H groups in total. The van der Waals surface area contributed by atoms with E-state index in [0.29, 0.717) is 17.1 Å². The summed E-state index contributed by atoms with van der Waals surface area (Å²) in [4.78, 5) is 12.0. The van der Waals surface area contributed by atoms with Crippen molar-refractivity contribution < 1.29 is 9.53 Å². The summed E-state index contributed by atoms with van der Waals surface area (Å²) in [5.41, 5.74) is 1.35. The third kappa shape index (κ3) is 3.39. The van der Waals surface area contributed by atoms with Crippen LogP contribution in [0, 0.1) is 14.9 Å². The molecule has 0 aliphatic carbocycles. The largest absolute Gasteiger partial charge is 0.466 e. The number of carbonyl (C=O) groups is 1. The van der Waals surface area contributed by atoms with Crippen molar-refractivity contribution in [1.29, 1.82) is 5.26 Å². The molecule has 0 heterocycles. The molecule has 0 amide bonds. The molecule has 1 aromatic carbocycles. The second-order valence-electron chi connectivity index (χ2n) is 3.05. The van der Waals surface area contributed by atoms with Crippen LogP contribution in [0.2, 0.25) is 0 Å². The minimum atomic E-state index is -0.277. The highest BCUT2D eigenvalue weighted by Crippen LogP contribution is 2.23. The van der Waals surface area contributed by atoms with Gasteiger partial charge in [-0.3, -0.25) is 4.79 Å². The first kappa shape index (κ1) is 13.3. The van der Waals surface area contributed by atoms with Crippen molar-refractivity contribution in [2.24, 2.45) is 0 Å². The highest BCUT2D eigenvalue weighted by atomic mass is 127. The highest BCUT2D eigenvalue weighted by Gasteiger charge is 2.12. The molecule has 1 aromatic rings. The zero-order chi connectivity index (χ0) is 12.1. The molecule has 0 aliphatic rings. The van der Waals surface area contributed by atoms with Gasteiger partial charge in [0.15, 0.2) is 0 Å². The first-order chi connectivity index (χ1) is 7.58. The Balaban J connectivity index is 2.98. The van der Waals surface area contributed by atoms with Crippen molar-refractivity contribution >= 4 is 41.2 Å². The summed E-state index contributed by atoms with van der Waals surface area (Å²) < 4.78 is 5.73. The van der Waals surface area contributed by atoms with Gasteiger partial charge >= 0.3 is 5.97 Å². The van der Waals surface area contributed by atoms with E-state index in [2.05, 4.69) is 35.2 Å². The van der Waals surface area contributed by atoms with Gasteiger partial charge in [0.25, 0.3) is 0 Å². The number of nitriles is 1. The SMILES string of the molecule is CCOC(=O)Cc1c(S)cc(C#N)cc1I. The topological polar surface area (TPSA) is 50.1 Å². The third-order valence-corrected chi connectivity index (χ3v) is 3.29. The summed E-state index contributed by atoms with van der Waals surface area (Å²) in [5.74, 6) is -0.277. The van der Waals surface area contributed by atoms with Crippen LogP contribution in [0.3, 0.4) is 0 Å². The number of thiol groups is 1. The van der Waals surface area contributed by atoms with Gasteiger partial charge in [-0.1, -0.05) is 0 Å².